The van der Waals surface area contributed by atoms with Gasteiger partial charge in [0.25, 0.3) is 5.91 Å². The number of carboxylic acids is 1. The number of nitrogens with zero attached hydrogens (tertiary/aromatic N) is 1. The summed E-state index contributed by atoms with van der Waals surface area (Å²) >= 11 is 0. The molecule has 21 heavy (non-hydrogen) atoms. The van der Waals surface area contributed by atoms with Gasteiger partial charge in [0.2, 0.25) is 0 Å². The lowest BCUT2D eigenvalue weighted by Crippen LogP contribution is -2.44. The van der Waals surface area contributed by atoms with Crippen molar-refractivity contribution in [2.75, 3.05) is 0 Å². The smallest absolute Gasteiger partial charge is 0.311 e. The SMILES string of the molecule is Cc1coc(CC(=O)O)c1C(=O)N(C(C)C)C1CCCC1. The summed E-state index contributed by atoms with van der Waals surface area (Å²) in [5, 5.41) is 8.96. The van der Waals surface area contributed by atoms with Gasteiger partial charge >= 0.3 is 5.97 Å². The van der Waals surface area contributed by atoms with Gasteiger partial charge in [0.1, 0.15) is 12.2 Å². The Kier molecular flexibility index (Phi) is 4.70. The summed E-state index contributed by atoms with van der Waals surface area (Å²) in [6.07, 6.45) is 5.55. The molecule has 0 spiro atoms. The fourth-order valence-corrected chi connectivity index (χ4v) is 3.19. The first-order valence-corrected chi connectivity index (χ1v) is 7.53. The van der Waals surface area contributed by atoms with Gasteiger partial charge in [-0.15, -0.1) is 0 Å². The van der Waals surface area contributed by atoms with Crippen molar-refractivity contribution in [3.8, 4) is 0 Å². The van der Waals surface area contributed by atoms with E-state index in [1.807, 2.05) is 18.7 Å². The number of hydrogen-bond acceptors (Lipinski definition) is 3. The second-order valence-electron chi connectivity index (χ2n) is 6.03. The summed E-state index contributed by atoms with van der Waals surface area (Å²) in [6, 6.07) is 0.344. The molecule has 5 heteroatoms. The lowest BCUT2D eigenvalue weighted by atomic mass is 10.0. The van der Waals surface area contributed by atoms with Crippen LogP contribution in [-0.4, -0.2) is 34.0 Å². The highest BCUT2D eigenvalue weighted by atomic mass is 16.4. The van der Waals surface area contributed by atoms with Crippen LogP contribution in [0.2, 0.25) is 0 Å². The van der Waals surface area contributed by atoms with Gasteiger partial charge in [-0.2, -0.15) is 0 Å². The summed E-state index contributed by atoms with van der Waals surface area (Å²) in [4.78, 5) is 25.8. The third-order valence-corrected chi connectivity index (χ3v) is 4.09. The second kappa shape index (κ2) is 6.33. The molecule has 1 aliphatic rings. The number of furan rings is 1. The highest BCUT2D eigenvalue weighted by Gasteiger charge is 2.32. The minimum Gasteiger partial charge on any atom is -0.481 e. The Morgan fingerprint density at radius 1 is 1.38 bits per heavy atom. The number of amides is 1. The molecular formula is C16H23NO4. The maximum Gasteiger partial charge on any atom is 0.311 e. The van der Waals surface area contributed by atoms with E-state index in [-0.39, 0.29) is 30.2 Å². The van der Waals surface area contributed by atoms with E-state index >= 15 is 0 Å². The summed E-state index contributed by atoms with van der Waals surface area (Å²) in [5.74, 6) is -0.830. The first-order chi connectivity index (χ1) is 9.91. The molecule has 0 aromatic carbocycles. The summed E-state index contributed by atoms with van der Waals surface area (Å²) < 4.78 is 5.29. The van der Waals surface area contributed by atoms with Crippen molar-refractivity contribution in [2.24, 2.45) is 0 Å². The Morgan fingerprint density at radius 2 is 2.00 bits per heavy atom. The van der Waals surface area contributed by atoms with Gasteiger partial charge in [-0.1, -0.05) is 12.8 Å². The molecule has 0 saturated heterocycles. The van der Waals surface area contributed by atoms with Gasteiger partial charge in [0.15, 0.2) is 0 Å². The lowest BCUT2D eigenvalue weighted by Gasteiger charge is -2.33. The van der Waals surface area contributed by atoms with Gasteiger partial charge in [-0.25, -0.2) is 0 Å². The lowest BCUT2D eigenvalue weighted by molar-refractivity contribution is -0.136. The molecule has 1 fully saturated rings. The van der Waals surface area contributed by atoms with Crippen molar-refractivity contribution in [2.45, 2.75) is 65.0 Å². The van der Waals surface area contributed by atoms with E-state index in [0.717, 1.165) is 25.7 Å². The van der Waals surface area contributed by atoms with Crippen LogP contribution in [0.3, 0.4) is 0 Å². The quantitative estimate of drug-likeness (QED) is 0.906. The Labute approximate surface area is 124 Å². The van der Waals surface area contributed by atoms with Crippen molar-refractivity contribution in [3.05, 3.63) is 23.2 Å². The molecule has 1 aromatic rings. The summed E-state index contributed by atoms with van der Waals surface area (Å²) in [6.45, 7) is 5.79. The summed E-state index contributed by atoms with van der Waals surface area (Å²) in [5.41, 5.74) is 1.14. The van der Waals surface area contributed by atoms with Crippen LogP contribution >= 0.6 is 0 Å². The van der Waals surface area contributed by atoms with E-state index in [1.165, 1.54) is 6.26 Å². The third kappa shape index (κ3) is 3.28. The molecule has 1 aromatic heterocycles. The predicted molar refractivity (Wildman–Crippen MR) is 78.3 cm³/mol. The molecule has 2 rings (SSSR count). The molecule has 0 bridgehead atoms. The zero-order valence-corrected chi connectivity index (χ0v) is 12.9. The van der Waals surface area contributed by atoms with E-state index in [2.05, 4.69) is 0 Å². The van der Waals surface area contributed by atoms with Crippen molar-refractivity contribution >= 4 is 11.9 Å². The molecule has 5 nitrogen and oxygen atoms in total. The average molecular weight is 293 g/mol. The molecule has 116 valence electrons. The normalized spacial score (nSPS) is 15.6. The van der Waals surface area contributed by atoms with Crippen molar-refractivity contribution in [1.29, 1.82) is 0 Å². The molecule has 1 saturated carbocycles. The molecule has 1 N–H and O–H groups in total. The fourth-order valence-electron chi connectivity index (χ4n) is 3.19. The molecule has 1 heterocycles. The Bertz CT molecular complexity index is 526. The first kappa shape index (κ1) is 15.6. The van der Waals surface area contributed by atoms with Gasteiger partial charge < -0.3 is 14.4 Å². The average Bonchev–Trinajstić information content (AvgIpc) is 2.99. The van der Waals surface area contributed by atoms with E-state index in [1.54, 1.807) is 6.92 Å². The highest BCUT2D eigenvalue weighted by Crippen LogP contribution is 2.29. The minimum absolute atomic E-state index is 0.0904. The zero-order valence-electron chi connectivity index (χ0n) is 12.9. The topological polar surface area (TPSA) is 70.7 Å². The van der Waals surface area contributed by atoms with Crippen molar-refractivity contribution < 1.29 is 19.1 Å². The van der Waals surface area contributed by atoms with Crippen molar-refractivity contribution in [1.82, 2.24) is 4.90 Å². The Morgan fingerprint density at radius 3 is 2.52 bits per heavy atom. The molecule has 0 aliphatic heterocycles. The minimum atomic E-state index is -0.990. The van der Waals surface area contributed by atoms with E-state index in [4.69, 9.17) is 9.52 Å². The van der Waals surface area contributed by atoms with Gasteiger partial charge in [-0.3, -0.25) is 9.59 Å². The van der Waals surface area contributed by atoms with Gasteiger partial charge in [0.05, 0.1) is 11.8 Å². The van der Waals surface area contributed by atoms with Gasteiger partial charge in [0, 0.05) is 17.6 Å². The number of aliphatic carboxylic acids is 1. The van der Waals surface area contributed by atoms with Crippen LogP contribution in [0.4, 0.5) is 0 Å². The van der Waals surface area contributed by atoms with E-state index in [9.17, 15) is 9.59 Å². The van der Waals surface area contributed by atoms with Crippen LogP contribution in [0.5, 0.6) is 0 Å². The zero-order chi connectivity index (χ0) is 15.6. The van der Waals surface area contributed by atoms with Crippen LogP contribution in [0.25, 0.3) is 0 Å². The van der Waals surface area contributed by atoms with Crippen LogP contribution < -0.4 is 0 Å². The Balaban J connectivity index is 2.32. The number of carboxylic acid groups (broad SMARTS) is 1. The van der Waals surface area contributed by atoms with Crippen molar-refractivity contribution in [3.63, 3.8) is 0 Å². The molecule has 0 atom stereocenters. The molecule has 1 amide bonds. The summed E-state index contributed by atoms with van der Waals surface area (Å²) in [7, 11) is 0. The molecule has 0 radical (unpaired) electrons. The molecule has 0 unspecified atom stereocenters. The van der Waals surface area contributed by atoms with Crippen LogP contribution in [0.1, 0.15) is 61.2 Å². The van der Waals surface area contributed by atoms with E-state index < -0.39 is 5.97 Å². The number of carbonyl (C=O) groups is 2. The molecular weight excluding hydrogens is 270 g/mol. The highest BCUT2D eigenvalue weighted by molar-refractivity contribution is 5.97. The maximum absolute atomic E-state index is 12.9. The number of aryl methyl sites for hydroxylation is 1. The second-order valence-corrected chi connectivity index (χ2v) is 6.03. The largest absolute Gasteiger partial charge is 0.481 e. The maximum atomic E-state index is 12.9. The van der Waals surface area contributed by atoms with Gasteiger partial charge in [-0.05, 0) is 33.6 Å². The monoisotopic (exact) mass is 293 g/mol. The standard InChI is InChI=1S/C16H23NO4/c1-10(2)17(12-6-4-5-7-12)16(20)15-11(3)9-21-13(15)8-14(18)19/h9-10,12H,4-8H2,1-3H3,(H,18,19). The van der Waals surface area contributed by atoms with Crippen LogP contribution in [0.15, 0.2) is 10.7 Å². The van der Waals surface area contributed by atoms with Crippen LogP contribution in [-0.2, 0) is 11.2 Å². The number of rotatable bonds is 5. The fraction of sp³-hybridized carbons (Fsp3) is 0.625. The Hall–Kier alpha value is -1.78. The predicted octanol–water partition coefficient (Wildman–Crippen LogP) is 3.01. The molecule has 1 aliphatic carbocycles. The first-order valence-electron chi connectivity index (χ1n) is 7.53. The van der Waals surface area contributed by atoms with Crippen LogP contribution in [0, 0.1) is 6.92 Å². The third-order valence-electron chi connectivity index (χ3n) is 4.09. The van der Waals surface area contributed by atoms with E-state index in [0.29, 0.717) is 11.1 Å². The number of carbonyl (C=O) groups excluding carboxylic acids is 1. The number of hydrogen-bond donors (Lipinski definition) is 1.